The summed E-state index contributed by atoms with van der Waals surface area (Å²) >= 11 is 0. The summed E-state index contributed by atoms with van der Waals surface area (Å²) in [5.41, 5.74) is 0.256. The fourth-order valence-electron chi connectivity index (χ4n) is 2.65. The molecule has 20 heavy (non-hydrogen) atoms. The molecule has 0 aliphatic carbocycles. The van der Waals surface area contributed by atoms with Crippen LogP contribution in [0.5, 0.6) is 5.75 Å². The molecule has 3 rings (SSSR count). The second kappa shape index (κ2) is 4.35. The van der Waals surface area contributed by atoms with Crippen LogP contribution in [0.1, 0.15) is 11.1 Å². The summed E-state index contributed by atoms with van der Waals surface area (Å²) in [7, 11) is 3.25. The van der Waals surface area contributed by atoms with E-state index in [1.807, 2.05) is 18.2 Å². The lowest BCUT2D eigenvalue weighted by molar-refractivity contribution is -0.131. The fourth-order valence-corrected chi connectivity index (χ4v) is 2.65. The zero-order chi connectivity index (χ0) is 14.3. The molecule has 0 aromatic heterocycles. The van der Waals surface area contributed by atoms with Gasteiger partial charge in [-0.2, -0.15) is 0 Å². The van der Waals surface area contributed by atoms with E-state index < -0.39 is 5.60 Å². The summed E-state index contributed by atoms with van der Waals surface area (Å²) in [4.78, 5) is 14.0. The largest absolute Gasteiger partial charge is 0.497 e. The van der Waals surface area contributed by atoms with Crippen molar-refractivity contribution in [3.63, 3.8) is 0 Å². The van der Waals surface area contributed by atoms with Gasteiger partial charge >= 0.3 is 0 Å². The molecule has 0 bridgehead atoms. The minimum atomic E-state index is -1.63. The number of ether oxygens (including phenoxy) is 1. The van der Waals surface area contributed by atoms with Gasteiger partial charge in [-0.25, -0.2) is 0 Å². The summed E-state index contributed by atoms with van der Waals surface area (Å²) in [6, 6.07) is 14.2. The van der Waals surface area contributed by atoms with E-state index in [-0.39, 0.29) is 5.91 Å². The van der Waals surface area contributed by atoms with Crippen molar-refractivity contribution in [2.45, 2.75) is 5.60 Å². The summed E-state index contributed by atoms with van der Waals surface area (Å²) < 4.78 is 5.11. The zero-order valence-corrected chi connectivity index (χ0v) is 11.3. The third-order valence-electron chi connectivity index (χ3n) is 3.78. The van der Waals surface area contributed by atoms with Gasteiger partial charge in [-0.15, -0.1) is 0 Å². The van der Waals surface area contributed by atoms with Crippen LogP contribution in [0.3, 0.4) is 0 Å². The van der Waals surface area contributed by atoms with Gasteiger partial charge < -0.3 is 14.7 Å². The van der Waals surface area contributed by atoms with Crippen LogP contribution in [0.4, 0.5) is 5.69 Å². The standard InChI is InChI=1S/C16H15NO3/c1-17-14-6-4-3-5-13(14)16(19,15(17)18)11-7-9-12(20-2)10-8-11/h3-10,19H,1-2H3/t16-/m0/s1. The quantitative estimate of drug-likeness (QED) is 0.906. The molecule has 0 unspecified atom stereocenters. The third-order valence-corrected chi connectivity index (χ3v) is 3.78. The summed E-state index contributed by atoms with van der Waals surface area (Å²) in [6.07, 6.45) is 0. The lowest BCUT2D eigenvalue weighted by Crippen LogP contribution is -2.39. The van der Waals surface area contributed by atoms with Crippen LogP contribution >= 0.6 is 0 Å². The molecule has 0 radical (unpaired) electrons. The Kier molecular flexibility index (Phi) is 2.76. The van der Waals surface area contributed by atoms with E-state index in [1.165, 1.54) is 4.90 Å². The highest BCUT2D eigenvalue weighted by atomic mass is 16.5. The van der Waals surface area contributed by atoms with Crippen molar-refractivity contribution in [2.75, 3.05) is 19.1 Å². The molecular weight excluding hydrogens is 254 g/mol. The molecule has 0 saturated carbocycles. The van der Waals surface area contributed by atoms with E-state index in [9.17, 15) is 9.90 Å². The Hall–Kier alpha value is -2.33. The Morgan fingerprint density at radius 3 is 2.40 bits per heavy atom. The zero-order valence-electron chi connectivity index (χ0n) is 11.3. The van der Waals surface area contributed by atoms with Gasteiger partial charge in [0.25, 0.3) is 5.91 Å². The van der Waals surface area contributed by atoms with E-state index in [1.54, 1.807) is 44.5 Å². The molecule has 1 atom stereocenters. The summed E-state index contributed by atoms with van der Waals surface area (Å²) in [5, 5.41) is 11.0. The molecule has 4 heteroatoms. The number of carbonyl (C=O) groups is 1. The van der Waals surface area contributed by atoms with Crippen molar-refractivity contribution < 1.29 is 14.6 Å². The number of carbonyl (C=O) groups excluding carboxylic acids is 1. The highest BCUT2D eigenvalue weighted by Crippen LogP contribution is 2.43. The van der Waals surface area contributed by atoms with Crippen LogP contribution in [0, 0.1) is 0 Å². The molecule has 0 saturated heterocycles. The average molecular weight is 269 g/mol. The number of anilines is 1. The van der Waals surface area contributed by atoms with Crippen molar-refractivity contribution in [3.05, 3.63) is 59.7 Å². The number of methoxy groups -OCH3 is 1. The highest BCUT2D eigenvalue weighted by molar-refractivity contribution is 6.08. The molecule has 1 aliphatic heterocycles. The lowest BCUT2D eigenvalue weighted by Gasteiger charge is -2.22. The van der Waals surface area contributed by atoms with Crippen LogP contribution in [0.15, 0.2) is 48.5 Å². The average Bonchev–Trinajstić information content (AvgIpc) is 2.71. The van der Waals surface area contributed by atoms with E-state index in [2.05, 4.69) is 0 Å². The maximum Gasteiger partial charge on any atom is 0.268 e. The van der Waals surface area contributed by atoms with Crippen LogP contribution < -0.4 is 9.64 Å². The topological polar surface area (TPSA) is 49.8 Å². The predicted octanol–water partition coefficient (Wildman–Crippen LogP) is 1.91. The smallest absolute Gasteiger partial charge is 0.268 e. The van der Waals surface area contributed by atoms with Gasteiger partial charge in [-0.05, 0) is 23.8 Å². The lowest BCUT2D eigenvalue weighted by atomic mass is 9.87. The second-order valence-corrected chi connectivity index (χ2v) is 4.82. The van der Waals surface area contributed by atoms with Crippen molar-refractivity contribution >= 4 is 11.6 Å². The number of hydrogen-bond acceptors (Lipinski definition) is 3. The van der Waals surface area contributed by atoms with Gasteiger partial charge in [0.1, 0.15) is 5.75 Å². The fraction of sp³-hybridized carbons (Fsp3) is 0.188. The van der Waals surface area contributed by atoms with Crippen molar-refractivity contribution in [2.24, 2.45) is 0 Å². The van der Waals surface area contributed by atoms with E-state index in [0.29, 0.717) is 16.9 Å². The molecule has 1 amide bonds. The van der Waals surface area contributed by atoms with E-state index >= 15 is 0 Å². The molecule has 102 valence electrons. The number of para-hydroxylation sites is 1. The van der Waals surface area contributed by atoms with Crippen LogP contribution in [0.25, 0.3) is 0 Å². The number of aliphatic hydroxyl groups is 1. The van der Waals surface area contributed by atoms with Gasteiger partial charge in [-0.1, -0.05) is 30.3 Å². The number of fused-ring (bicyclic) bond motifs is 1. The van der Waals surface area contributed by atoms with Gasteiger partial charge in [-0.3, -0.25) is 4.79 Å². The predicted molar refractivity (Wildman–Crippen MR) is 75.8 cm³/mol. The molecule has 2 aromatic rings. The molecule has 2 aromatic carbocycles. The molecule has 0 fully saturated rings. The monoisotopic (exact) mass is 269 g/mol. The van der Waals surface area contributed by atoms with Gasteiger partial charge in [0.15, 0.2) is 5.60 Å². The first-order valence-corrected chi connectivity index (χ1v) is 6.33. The molecule has 0 spiro atoms. The first kappa shape index (κ1) is 12.7. The Morgan fingerprint density at radius 1 is 1.10 bits per heavy atom. The molecule has 4 nitrogen and oxygen atoms in total. The molecule has 1 heterocycles. The minimum absolute atomic E-state index is 0.344. The van der Waals surface area contributed by atoms with Crippen LogP contribution in [-0.4, -0.2) is 25.2 Å². The van der Waals surface area contributed by atoms with Crippen molar-refractivity contribution in [1.82, 2.24) is 0 Å². The maximum atomic E-state index is 12.5. The summed E-state index contributed by atoms with van der Waals surface area (Å²) in [6.45, 7) is 0. The van der Waals surface area contributed by atoms with Gasteiger partial charge in [0.05, 0.1) is 12.8 Å². The van der Waals surface area contributed by atoms with Crippen molar-refractivity contribution in [1.29, 1.82) is 0 Å². The van der Waals surface area contributed by atoms with Crippen LogP contribution in [0.2, 0.25) is 0 Å². The van der Waals surface area contributed by atoms with Gasteiger partial charge in [0.2, 0.25) is 0 Å². The number of amides is 1. The summed E-state index contributed by atoms with van der Waals surface area (Å²) in [5.74, 6) is 0.341. The Morgan fingerprint density at radius 2 is 1.75 bits per heavy atom. The minimum Gasteiger partial charge on any atom is -0.497 e. The second-order valence-electron chi connectivity index (χ2n) is 4.82. The van der Waals surface area contributed by atoms with Crippen LogP contribution in [-0.2, 0) is 10.4 Å². The Balaban J connectivity index is 2.17. The number of benzene rings is 2. The Labute approximate surface area is 117 Å². The van der Waals surface area contributed by atoms with Gasteiger partial charge in [0, 0.05) is 12.6 Å². The molecule has 1 aliphatic rings. The number of hydrogen-bond donors (Lipinski definition) is 1. The van der Waals surface area contributed by atoms with E-state index in [4.69, 9.17) is 4.74 Å². The number of nitrogens with zero attached hydrogens (tertiary/aromatic N) is 1. The first-order valence-electron chi connectivity index (χ1n) is 6.33. The Bertz CT molecular complexity index is 666. The van der Waals surface area contributed by atoms with Crippen molar-refractivity contribution in [3.8, 4) is 5.75 Å². The normalized spacial score (nSPS) is 20.9. The molecular formula is C16H15NO3. The highest BCUT2D eigenvalue weighted by Gasteiger charge is 2.49. The first-order chi connectivity index (χ1) is 9.59. The molecule has 1 N–H and O–H groups in total. The maximum absolute atomic E-state index is 12.5. The number of rotatable bonds is 2. The van der Waals surface area contributed by atoms with E-state index in [0.717, 1.165) is 5.69 Å². The number of likely N-dealkylation sites (N-methyl/N-ethyl adjacent to an activating group) is 1. The third kappa shape index (κ3) is 1.55. The SMILES string of the molecule is COc1ccc([C@@]2(O)C(=O)N(C)c3ccccc32)cc1.